The number of Topliss-reactive ketones (excluding diaryl/α,β-unsaturated/α-hetero) is 1. The van der Waals surface area contributed by atoms with Crippen LogP contribution in [-0.4, -0.2) is 33.8 Å². The second kappa shape index (κ2) is 5.80. The summed E-state index contributed by atoms with van der Waals surface area (Å²) in [6.07, 6.45) is 3.73. The van der Waals surface area contributed by atoms with Crippen LogP contribution in [0.3, 0.4) is 0 Å². The van der Waals surface area contributed by atoms with Crippen molar-refractivity contribution >= 4 is 5.78 Å². The largest absolute Gasteiger partial charge is 0.357 e. The Morgan fingerprint density at radius 2 is 2.16 bits per heavy atom. The van der Waals surface area contributed by atoms with Crippen LogP contribution in [0.5, 0.6) is 0 Å². The molecule has 0 spiro atoms. The Bertz CT molecular complexity index is 574. The highest BCUT2D eigenvalue weighted by atomic mass is 16.1. The van der Waals surface area contributed by atoms with E-state index in [1.165, 1.54) is 0 Å². The summed E-state index contributed by atoms with van der Waals surface area (Å²) in [5.41, 5.74) is 2.75. The topological polar surface area (TPSA) is 38.1 Å². The average molecular weight is 257 g/mol. The van der Waals surface area contributed by atoms with Gasteiger partial charge < -0.3 is 4.57 Å². The van der Waals surface area contributed by atoms with Gasteiger partial charge in [0.1, 0.15) is 0 Å². The van der Waals surface area contributed by atoms with E-state index in [-0.39, 0.29) is 5.78 Å². The minimum absolute atomic E-state index is 0.135. The van der Waals surface area contributed by atoms with Gasteiger partial charge in [-0.15, -0.1) is 0 Å². The van der Waals surface area contributed by atoms with Crippen LogP contribution in [0.2, 0.25) is 0 Å². The molecule has 2 aromatic heterocycles. The van der Waals surface area contributed by atoms with E-state index in [2.05, 4.69) is 4.98 Å². The first-order valence-electron chi connectivity index (χ1n) is 6.31. The lowest BCUT2D eigenvalue weighted by atomic mass is 10.2. The Kier molecular flexibility index (Phi) is 4.12. The number of hydrogen-bond donors (Lipinski definition) is 0. The molecule has 0 atom stereocenters. The van der Waals surface area contributed by atoms with E-state index in [4.69, 9.17) is 0 Å². The number of aryl methyl sites for hydroxylation is 2. The smallest absolute Gasteiger partial charge is 0.178 e. The molecule has 0 N–H and O–H groups in total. The van der Waals surface area contributed by atoms with E-state index in [0.29, 0.717) is 13.1 Å². The normalized spacial score (nSPS) is 10.9. The van der Waals surface area contributed by atoms with E-state index >= 15 is 0 Å². The first-order valence-corrected chi connectivity index (χ1v) is 6.31. The molecule has 0 fully saturated rings. The van der Waals surface area contributed by atoms with Crippen LogP contribution in [0.4, 0.5) is 0 Å². The maximum absolute atomic E-state index is 12.1. The highest BCUT2D eigenvalue weighted by molar-refractivity contribution is 5.97. The molecule has 100 valence electrons. The summed E-state index contributed by atoms with van der Waals surface area (Å²) in [6, 6.07) is 7.79. The van der Waals surface area contributed by atoms with Gasteiger partial charge >= 0.3 is 0 Å². The third-order valence-corrected chi connectivity index (χ3v) is 2.95. The van der Waals surface area contributed by atoms with Crippen molar-refractivity contribution in [2.24, 2.45) is 7.05 Å². The van der Waals surface area contributed by atoms with Gasteiger partial charge in [0.2, 0.25) is 0 Å². The van der Waals surface area contributed by atoms with E-state index in [0.717, 1.165) is 17.0 Å². The van der Waals surface area contributed by atoms with Gasteiger partial charge in [0, 0.05) is 37.2 Å². The molecule has 19 heavy (non-hydrogen) atoms. The maximum atomic E-state index is 12.1. The van der Waals surface area contributed by atoms with E-state index in [1.807, 2.05) is 67.1 Å². The molecule has 2 aromatic rings. The predicted molar refractivity (Wildman–Crippen MR) is 75.1 cm³/mol. The molecule has 0 saturated carbocycles. The number of aromatic nitrogens is 2. The summed E-state index contributed by atoms with van der Waals surface area (Å²) in [5.74, 6) is 0.135. The van der Waals surface area contributed by atoms with Crippen molar-refractivity contribution in [1.29, 1.82) is 0 Å². The number of hydrogen-bond acceptors (Lipinski definition) is 3. The van der Waals surface area contributed by atoms with Crippen molar-refractivity contribution in [3.63, 3.8) is 0 Å². The van der Waals surface area contributed by atoms with Crippen LogP contribution in [0, 0.1) is 6.92 Å². The van der Waals surface area contributed by atoms with Gasteiger partial charge in [-0.3, -0.25) is 14.7 Å². The zero-order valence-corrected chi connectivity index (χ0v) is 11.6. The average Bonchev–Trinajstić information content (AvgIpc) is 2.75. The summed E-state index contributed by atoms with van der Waals surface area (Å²) in [5, 5.41) is 0. The fourth-order valence-electron chi connectivity index (χ4n) is 2.02. The molecular formula is C15H19N3O. The van der Waals surface area contributed by atoms with Crippen molar-refractivity contribution < 1.29 is 4.79 Å². The van der Waals surface area contributed by atoms with Crippen molar-refractivity contribution in [2.75, 3.05) is 13.6 Å². The number of rotatable bonds is 5. The summed E-state index contributed by atoms with van der Waals surface area (Å²) in [4.78, 5) is 18.5. The van der Waals surface area contributed by atoms with E-state index < -0.39 is 0 Å². The molecule has 0 amide bonds. The highest BCUT2D eigenvalue weighted by Gasteiger charge is 2.11. The lowest BCUT2D eigenvalue weighted by molar-refractivity contribution is 0.0942. The zero-order valence-electron chi connectivity index (χ0n) is 11.6. The highest BCUT2D eigenvalue weighted by Crippen LogP contribution is 2.05. The monoisotopic (exact) mass is 257 g/mol. The minimum Gasteiger partial charge on any atom is -0.357 e. The third-order valence-electron chi connectivity index (χ3n) is 2.95. The first-order chi connectivity index (χ1) is 9.04. The number of pyridine rings is 1. The molecule has 0 unspecified atom stereocenters. The Morgan fingerprint density at radius 1 is 1.37 bits per heavy atom. The van der Waals surface area contributed by atoms with Crippen molar-refractivity contribution in [3.05, 3.63) is 53.6 Å². The summed E-state index contributed by atoms with van der Waals surface area (Å²) in [6.45, 7) is 3.05. The van der Waals surface area contributed by atoms with Gasteiger partial charge in [0.05, 0.1) is 12.2 Å². The fraction of sp³-hybridized carbons (Fsp3) is 0.333. The molecule has 4 heteroatoms. The molecule has 0 aromatic carbocycles. The Balaban J connectivity index is 1.94. The SMILES string of the molecule is Cc1cccc(CN(C)CC(=O)c2ccn(C)c2)n1. The van der Waals surface area contributed by atoms with Crippen LogP contribution in [0.25, 0.3) is 0 Å². The van der Waals surface area contributed by atoms with Gasteiger partial charge in [0.15, 0.2) is 5.78 Å². The van der Waals surface area contributed by atoms with Crippen LogP contribution >= 0.6 is 0 Å². The molecule has 0 aliphatic heterocycles. The van der Waals surface area contributed by atoms with Gasteiger partial charge in [-0.05, 0) is 32.2 Å². The summed E-state index contributed by atoms with van der Waals surface area (Å²) in [7, 11) is 3.85. The molecule has 2 rings (SSSR count). The fourth-order valence-corrected chi connectivity index (χ4v) is 2.02. The quantitative estimate of drug-likeness (QED) is 0.769. The molecule has 0 saturated heterocycles. The Labute approximate surface area is 113 Å². The first kappa shape index (κ1) is 13.5. The maximum Gasteiger partial charge on any atom is 0.178 e. The van der Waals surface area contributed by atoms with Gasteiger partial charge in [-0.1, -0.05) is 6.07 Å². The molecule has 2 heterocycles. The molecule has 4 nitrogen and oxygen atoms in total. The van der Waals surface area contributed by atoms with Gasteiger partial charge in [0.25, 0.3) is 0 Å². The molecular weight excluding hydrogens is 238 g/mol. The number of carbonyl (C=O) groups is 1. The Morgan fingerprint density at radius 3 is 2.79 bits per heavy atom. The van der Waals surface area contributed by atoms with Crippen molar-refractivity contribution in [3.8, 4) is 0 Å². The standard InChI is InChI=1S/C15H19N3O/c1-12-5-4-6-14(16-12)10-18(3)11-15(19)13-7-8-17(2)9-13/h4-9H,10-11H2,1-3H3. The lowest BCUT2D eigenvalue weighted by Gasteiger charge is -2.15. The van der Waals surface area contributed by atoms with Crippen LogP contribution < -0.4 is 0 Å². The number of ketones is 1. The second-order valence-corrected chi connectivity index (χ2v) is 4.93. The third kappa shape index (κ3) is 3.76. The van der Waals surface area contributed by atoms with Crippen LogP contribution in [0.1, 0.15) is 21.7 Å². The Hall–Kier alpha value is -1.94. The van der Waals surface area contributed by atoms with Gasteiger partial charge in [-0.2, -0.15) is 0 Å². The van der Waals surface area contributed by atoms with Crippen molar-refractivity contribution in [1.82, 2.24) is 14.5 Å². The molecule has 0 radical (unpaired) electrons. The van der Waals surface area contributed by atoms with Crippen LogP contribution in [-0.2, 0) is 13.6 Å². The molecule has 0 aliphatic rings. The second-order valence-electron chi connectivity index (χ2n) is 4.93. The number of carbonyl (C=O) groups excluding carboxylic acids is 1. The lowest BCUT2D eigenvalue weighted by Crippen LogP contribution is -2.25. The summed E-state index contributed by atoms with van der Waals surface area (Å²) < 4.78 is 1.88. The molecule has 0 aliphatic carbocycles. The molecule has 0 bridgehead atoms. The van der Waals surface area contributed by atoms with E-state index in [1.54, 1.807) is 0 Å². The number of nitrogens with zero attached hydrogens (tertiary/aromatic N) is 3. The van der Waals surface area contributed by atoms with E-state index in [9.17, 15) is 4.79 Å². The van der Waals surface area contributed by atoms with Gasteiger partial charge in [-0.25, -0.2) is 0 Å². The minimum atomic E-state index is 0.135. The predicted octanol–water partition coefficient (Wildman–Crippen LogP) is 2.04. The number of likely N-dealkylation sites (N-methyl/N-ethyl adjacent to an activating group) is 1. The van der Waals surface area contributed by atoms with Crippen LogP contribution in [0.15, 0.2) is 36.7 Å². The van der Waals surface area contributed by atoms with Crippen molar-refractivity contribution in [2.45, 2.75) is 13.5 Å². The zero-order chi connectivity index (χ0) is 13.8. The summed E-state index contributed by atoms with van der Waals surface area (Å²) >= 11 is 0.